The smallest absolute Gasteiger partial charge is 0.0797 e. The van der Waals surface area contributed by atoms with E-state index in [9.17, 15) is 5.11 Å². The molecule has 1 saturated carbocycles. The first-order chi connectivity index (χ1) is 8.45. The Labute approximate surface area is 112 Å². The van der Waals surface area contributed by atoms with Crippen LogP contribution in [0.25, 0.3) is 0 Å². The topological polar surface area (TPSA) is 49.5 Å². The quantitative estimate of drug-likeness (QED) is 0.806. The van der Waals surface area contributed by atoms with Crippen molar-refractivity contribution in [3.05, 3.63) is 0 Å². The molecule has 2 fully saturated rings. The molecule has 0 bridgehead atoms. The lowest BCUT2D eigenvalue weighted by Crippen LogP contribution is -2.43. The standard InChI is InChI=1S/C15H30N2O/c1-14(2)7-10-17(11-8-14)9-5-13-4-3-6-15(13,18)12-16/h13,18H,3-12,16H2,1-2H3. The van der Waals surface area contributed by atoms with E-state index in [2.05, 4.69) is 18.7 Å². The maximum absolute atomic E-state index is 10.4. The molecule has 106 valence electrons. The number of nitrogens with zero attached hydrogens (tertiary/aromatic N) is 1. The summed E-state index contributed by atoms with van der Waals surface area (Å²) in [6.07, 6.45) is 6.94. The molecule has 2 aliphatic rings. The third-order valence-electron chi connectivity index (χ3n) is 5.28. The number of hydrogen-bond donors (Lipinski definition) is 2. The Morgan fingerprint density at radius 2 is 1.89 bits per heavy atom. The summed E-state index contributed by atoms with van der Waals surface area (Å²) in [5.41, 5.74) is 5.71. The van der Waals surface area contributed by atoms with E-state index in [1.54, 1.807) is 0 Å². The molecule has 0 spiro atoms. The van der Waals surface area contributed by atoms with Crippen molar-refractivity contribution >= 4 is 0 Å². The van der Waals surface area contributed by atoms with Gasteiger partial charge in [-0.25, -0.2) is 0 Å². The van der Waals surface area contributed by atoms with Crippen LogP contribution in [0, 0.1) is 11.3 Å². The number of hydrogen-bond acceptors (Lipinski definition) is 3. The van der Waals surface area contributed by atoms with Crippen molar-refractivity contribution in [2.75, 3.05) is 26.2 Å². The van der Waals surface area contributed by atoms with E-state index in [1.807, 2.05) is 0 Å². The van der Waals surface area contributed by atoms with Gasteiger partial charge >= 0.3 is 0 Å². The zero-order valence-corrected chi connectivity index (χ0v) is 12.1. The Balaban J connectivity index is 1.75. The Morgan fingerprint density at radius 3 is 2.50 bits per heavy atom. The van der Waals surface area contributed by atoms with Gasteiger partial charge in [-0.1, -0.05) is 20.3 Å². The molecule has 1 saturated heterocycles. The van der Waals surface area contributed by atoms with Crippen LogP contribution in [0.4, 0.5) is 0 Å². The summed E-state index contributed by atoms with van der Waals surface area (Å²) >= 11 is 0. The van der Waals surface area contributed by atoms with E-state index in [-0.39, 0.29) is 0 Å². The molecule has 2 unspecified atom stereocenters. The molecule has 1 aliphatic carbocycles. The maximum Gasteiger partial charge on any atom is 0.0797 e. The van der Waals surface area contributed by atoms with Gasteiger partial charge in [0.25, 0.3) is 0 Å². The number of aliphatic hydroxyl groups is 1. The van der Waals surface area contributed by atoms with Crippen molar-refractivity contribution in [1.82, 2.24) is 4.90 Å². The molecule has 0 aromatic heterocycles. The molecular formula is C15H30N2O. The lowest BCUT2D eigenvalue weighted by Gasteiger charge is -2.38. The van der Waals surface area contributed by atoms with E-state index >= 15 is 0 Å². The summed E-state index contributed by atoms with van der Waals surface area (Å²) < 4.78 is 0. The Bertz CT molecular complexity index is 270. The molecular weight excluding hydrogens is 224 g/mol. The molecule has 0 radical (unpaired) electrons. The number of piperidine rings is 1. The SMILES string of the molecule is CC1(C)CCN(CCC2CCCC2(O)CN)CC1. The predicted molar refractivity (Wildman–Crippen MR) is 75.4 cm³/mol. The molecule has 18 heavy (non-hydrogen) atoms. The fourth-order valence-electron chi connectivity index (χ4n) is 3.53. The third kappa shape index (κ3) is 3.25. The molecule has 2 rings (SSSR count). The van der Waals surface area contributed by atoms with Crippen molar-refractivity contribution in [3.8, 4) is 0 Å². The summed E-state index contributed by atoms with van der Waals surface area (Å²) in [5, 5.41) is 10.4. The monoisotopic (exact) mass is 254 g/mol. The molecule has 0 aromatic carbocycles. The normalized spacial score (nSPS) is 37.0. The van der Waals surface area contributed by atoms with Crippen molar-refractivity contribution in [1.29, 1.82) is 0 Å². The molecule has 3 heteroatoms. The van der Waals surface area contributed by atoms with Crippen LogP contribution in [0.5, 0.6) is 0 Å². The zero-order chi connectivity index (χ0) is 13.2. The van der Waals surface area contributed by atoms with E-state index in [4.69, 9.17) is 5.73 Å². The highest BCUT2D eigenvalue weighted by molar-refractivity contribution is 4.93. The van der Waals surface area contributed by atoms with Gasteiger partial charge in [0.05, 0.1) is 5.60 Å². The molecule has 3 N–H and O–H groups in total. The van der Waals surface area contributed by atoms with Gasteiger partial charge in [0.2, 0.25) is 0 Å². The Kier molecular flexibility index (Phi) is 4.35. The van der Waals surface area contributed by atoms with Crippen LogP contribution in [0.3, 0.4) is 0 Å². The summed E-state index contributed by atoms with van der Waals surface area (Å²) in [4.78, 5) is 2.57. The summed E-state index contributed by atoms with van der Waals surface area (Å²) in [5.74, 6) is 0.428. The van der Waals surface area contributed by atoms with Crippen LogP contribution < -0.4 is 5.73 Å². The van der Waals surface area contributed by atoms with E-state index in [1.165, 1.54) is 25.9 Å². The fourth-order valence-corrected chi connectivity index (χ4v) is 3.53. The molecule has 3 nitrogen and oxygen atoms in total. The van der Waals surface area contributed by atoms with Gasteiger partial charge in [0.15, 0.2) is 0 Å². The lowest BCUT2D eigenvalue weighted by molar-refractivity contribution is 0.00235. The first kappa shape index (κ1) is 14.3. The lowest BCUT2D eigenvalue weighted by atomic mass is 9.82. The second-order valence-electron chi connectivity index (χ2n) is 7.19. The average Bonchev–Trinajstić information content (AvgIpc) is 2.70. The van der Waals surface area contributed by atoms with Gasteiger partial charge < -0.3 is 15.7 Å². The van der Waals surface area contributed by atoms with Crippen LogP contribution in [0.1, 0.15) is 52.4 Å². The van der Waals surface area contributed by atoms with E-state index in [0.29, 0.717) is 17.9 Å². The molecule has 1 heterocycles. The highest BCUT2D eigenvalue weighted by Crippen LogP contribution is 2.37. The van der Waals surface area contributed by atoms with Crippen molar-refractivity contribution < 1.29 is 5.11 Å². The third-order valence-corrected chi connectivity index (χ3v) is 5.28. The van der Waals surface area contributed by atoms with Crippen molar-refractivity contribution in [2.45, 2.75) is 58.0 Å². The van der Waals surface area contributed by atoms with Gasteiger partial charge in [-0.05, 0) is 63.1 Å². The van der Waals surface area contributed by atoms with E-state index < -0.39 is 5.60 Å². The minimum absolute atomic E-state index is 0.428. The van der Waals surface area contributed by atoms with Crippen LogP contribution in [-0.4, -0.2) is 41.8 Å². The number of likely N-dealkylation sites (tertiary alicyclic amines) is 1. The van der Waals surface area contributed by atoms with Gasteiger partial charge in [-0.15, -0.1) is 0 Å². The summed E-state index contributed by atoms with van der Waals surface area (Å²) in [6.45, 7) is 8.76. The van der Waals surface area contributed by atoms with Crippen LogP contribution in [0.15, 0.2) is 0 Å². The number of rotatable bonds is 4. The van der Waals surface area contributed by atoms with Crippen LogP contribution in [0.2, 0.25) is 0 Å². The second kappa shape index (κ2) is 5.48. The number of nitrogens with two attached hydrogens (primary N) is 1. The highest BCUT2D eigenvalue weighted by atomic mass is 16.3. The first-order valence-electron chi connectivity index (χ1n) is 7.60. The fraction of sp³-hybridized carbons (Fsp3) is 1.00. The van der Waals surface area contributed by atoms with Crippen LogP contribution >= 0.6 is 0 Å². The highest BCUT2D eigenvalue weighted by Gasteiger charge is 2.39. The Morgan fingerprint density at radius 1 is 1.22 bits per heavy atom. The predicted octanol–water partition coefficient (Wildman–Crippen LogP) is 1.99. The molecule has 0 amide bonds. The average molecular weight is 254 g/mol. The molecule has 0 aromatic rings. The van der Waals surface area contributed by atoms with Gasteiger partial charge in [-0.2, -0.15) is 0 Å². The van der Waals surface area contributed by atoms with Crippen LogP contribution in [-0.2, 0) is 0 Å². The van der Waals surface area contributed by atoms with Gasteiger partial charge in [-0.3, -0.25) is 0 Å². The summed E-state index contributed by atoms with van der Waals surface area (Å²) in [6, 6.07) is 0. The van der Waals surface area contributed by atoms with Crippen molar-refractivity contribution in [2.24, 2.45) is 17.1 Å². The first-order valence-corrected chi connectivity index (χ1v) is 7.60. The van der Waals surface area contributed by atoms with Gasteiger partial charge in [0.1, 0.15) is 0 Å². The minimum Gasteiger partial charge on any atom is -0.388 e. The largest absolute Gasteiger partial charge is 0.388 e. The Hall–Kier alpha value is -0.120. The van der Waals surface area contributed by atoms with E-state index in [0.717, 1.165) is 32.2 Å². The molecule has 2 atom stereocenters. The van der Waals surface area contributed by atoms with Crippen molar-refractivity contribution in [3.63, 3.8) is 0 Å². The zero-order valence-electron chi connectivity index (χ0n) is 12.1. The minimum atomic E-state index is -0.560. The second-order valence-corrected chi connectivity index (χ2v) is 7.19. The summed E-state index contributed by atoms with van der Waals surface area (Å²) in [7, 11) is 0. The molecule has 1 aliphatic heterocycles. The van der Waals surface area contributed by atoms with Gasteiger partial charge in [0, 0.05) is 6.54 Å². The maximum atomic E-state index is 10.4.